The maximum atomic E-state index is 12.6. The molecule has 1 rings (SSSR count). The molecule has 0 saturated carbocycles. The fraction of sp³-hybridized carbons (Fsp3) is 0.882. The Morgan fingerprint density at radius 3 is 2.57 bits per heavy atom. The average Bonchev–Trinajstić information content (AvgIpc) is 2.44. The van der Waals surface area contributed by atoms with Gasteiger partial charge in [0, 0.05) is 38.5 Å². The summed E-state index contributed by atoms with van der Waals surface area (Å²) in [6.45, 7) is 8.29. The lowest BCUT2D eigenvalue weighted by molar-refractivity contribution is -0.136. The molecular weight excluding hydrogens is 314 g/mol. The fourth-order valence-electron chi connectivity index (χ4n) is 3.30. The number of piperidine rings is 1. The maximum absolute atomic E-state index is 12.6. The van der Waals surface area contributed by atoms with Gasteiger partial charge in [0.15, 0.2) is 0 Å². The first-order valence-corrected chi connectivity index (χ1v) is 8.70. The van der Waals surface area contributed by atoms with Crippen LogP contribution in [0.15, 0.2) is 0 Å². The summed E-state index contributed by atoms with van der Waals surface area (Å²) in [6.07, 6.45) is 5.22. The zero-order chi connectivity index (χ0) is 16.5. The fourth-order valence-corrected chi connectivity index (χ4v) is 3.30. The van der Waals surface area contributed by atoms with Crippen LogP contribution in [0, 0.1) is 11.8 Å². The number of nitrogens with two attached hydrogens (primary N) is 1. The van der Waals surface area contributed by atoms with Gasteiger partial charge >= 0.3 is 0 Å². The Bertz CT molecular complexity index is 364. The number of hydrogen-bond acceptors (Lipinski definition) is 3. The topological polar surface area (TPSA) is 75.4 Å². The van der Waals surface area contributed by atoms with Gasteiger partial charge in [0.05, 0.1) is 0 Å². The molecule has 1 saturated heterocycles. The highest BCUT2D eigenvalue weighted by molar-refractivity contribution is 5.85. The van der Waals surface area contributed by atoms with E-state index in [-0.39, 0.29) is 30.3 Å². The number of carbonyl (C=O) groups is 2. The number of nitrogens with zero attached hydrogens (tertiary/aromatic N) is 1. The van der Waals surface area contributed by atoms with Gasteiger partial charge in [0.25, 0.3) is 0 Å². The third-order valence-electron chi connectivity index (χ3n) is 4.25. The first-order valence-electron chi connectivity index (χ1n) is 8.70. The van der Waals surface area contributed by atoms with Gasteiger partial charge in [-0.05, 0) is 37.5 Å². The SMILES string of the molecule is CC(C)CC(C)CC(=O)N1CCCCC1CNC(=O)CCN.Cl. The molecule has 0 aromatic rings. The molecule has 3 N–H and O–H groups in total. The lowest BCUT2D eigenvalue weighted by atomic mass is 9.94. The summed E-state index contributed by atoms with van der Waals surface area (Å²) in [4.78, 5) is 26.1. The van der Waals surface area contributed by atoms with Crippen LogP contribution in [0.1, 0.15) is 59.3 Å². The van der Waals surface area contributed by atoms with Gasteiger partial charge in [-0.15, -0.1) is 12.4 Å². The summed E-state index contributed by atoms with van der Waals surface area (Å²) in [6, 6.07) is 0.147. The van der Waals surface area contributed by atoms with Crippen LogP contribution in [0.25, 0.3) is 0 Å². The Morgan fingerprint density at radius 2 is 1.96 bits per heavy atom. The van der Waals surface area contributed by atoms with Crippen molar-refractivity contribution in [3.05, 3.63) is 0 Å². The summed E-state index contributed by atoms with van der Waals surface area (Å²) in [5.41, 5.74) is 5.38. The number of carbonyl (C=O) groups excluding carboxylic acids is 2. The zero-order valence-electron chi connectivity index (χ0n) is 14.8. The molecule has 5 nitrogen and oxygen atoms in total. The lowest BCUT2D eigenvalue weighted by Crippen LogP contribution is -2.49. The summed E-state index contributed by atoms with van der Waals surface area (Å²) in [5.74, 6) is 1.26. The summed E-state index contributed by atoms with van der Waals surface area (Å²) in [5, 5.41) is 2.91. The minimum atomic E-state index is -0.0198. The molecular formula is C17H34ClN3O2. The van der Waals surface area contributed by atoms with E-state index >= 15 is 0 Å². The monoisotopic (exact) mass is 347 g/mol. The van der Waals surface area contributed by atoms with E-state index in [2.05, 4.69) is 26.1 Å². The quantitative estimate of drug-likeness (QED) is 0.707. The molecule has 2 amide bonds. The summed E-state index contributed by atoms with van der Waals surface area (Å²) in [7, 11) is 0. The standard InChI is InChI=1S/C17H33N3O2.ClH/c1-13(2)10-14(3)11-17(22)20-9-5-4-6-15(20)12-19-16(21)7-8-18;/h13-15H,4-12,18H2,1-3H3,(H,19,21);1H. The smallest absolute Gasteiger partial charge is 0.223 e. The van der Waals surface area contributed by atoms with E-state index in [1.807, 2.05) is 4.90 Å². The second-order valence-corrected chi connectivity index (χ2v) is 7.02. The first-order chi connectivity index (χ1) is 10.4. The Labute approximate surface area is 147 Å². The third-order valence-corrected chi connectivity index (χ3v) is 4.25. The van der Waals surface area contributed by atoms with Crippen LogP contribution in [0.3, 0.4) is 0 Å². The van der Waals surface area contributed by atoms with Gasteiger partial charge in [-0.2, -0.15) is 0 Å². The van der Waals surface area contributed by atoms with Crippen molar-refractivity contribution >= 4 is 24.2 Å². The Balaban J connectivity index is 0.00000484. The lowest BCUT2D eigenvalue weighted by Gasteiger charge is -2.36. The van der Waals surface area contributed by atoms with Crippen molar-refractivity contribution in [3.8, 4) is 0 Å². The number of amides is 2. The van der Waals surface area contributed by atoms with Crippen molar-refractivity contribution < 1.29 is 9.59 Å². The molecule has 1 aliphatic heterocycles. The minimum Gasteiger partial charge on any atom is -0.354 e. The van der Waals surface area contributed by atoms with Gasteiger partial charge in [0.2, 0.25) is 11.8 Å². The normalized spacial score (nSPS) is 19.2. The van der Waals surface area contributed by atoms with E-state index in [4.69, 9.17) is 5.73 Å². The molecule has 0 spiro atoms. The second-order valence-electron chi connectivity index (χ2n) is 7.02. The van der Waals surface area contributed by atoms with Crippen LogP contribution in [0.5, 0.6) is 0 Å². The van der Waals surface area contributed by atoms with Crippen molar-refractivity contribution in [2.24, 2.45) is 17.6 Å². The van der Waals surface area contributed by atoms with E-state index in [0.717, 1.165) is 32.2 Å². The second kappa shape index (κ2) is 11.7. The van der Waals surface area contributed by atoms with Gasteiger partial charge in [-0.3, -0.25) is 9.59 Å². The van der Waals surface area contributed by atoms with Crippen LogP contribution < -0.4 is 11.1 Å². The first kappa shape index (κ1) is 22.2. The molecule has 136 valence electrons. The molecule has 23 heavy (non-hydrogen) atoms. The molecule has 6 heteroatoms. The predicted octanol–water partition coefficient (Wildman–Crippen LogP) is 2.33. The molecule has 0 bridgehead atoms. The number of halogens is 1. The molecule has 0 radical (unpaired) electrons. The van der Waals surface area contributed by atoms with Crippen LogP contribution >= 0.6 is 12.4 Å². The van der Waals surface area contributed by atoms with Crippen molar-refractivity contribution in [2.75, 3.05) is 19.6 Å². The number of hydrogen-bond donors (Lipinski definition) is 2. The van der Waals surface area contributed by atoms with Crippen LogP contribution in [-0.2, 0) is 9.59 Å². The Morgan fingerprint density at radius 1 is 1.26 bits per heavy atom. The molecule has 1 aliphatic rings. The summed E-state index contributed by atoms with van der Waals surface area (Å²) >= 11 is 0. The van der Waals surface area contributed by atoms with E-state index in [0.29, 0.717) is 37.8 Å². The van der Waals surface area contributed by atoms with Gasteiger partial charge in [0.1, 0.15) is 0 Å². The van der Waals surface area contributed by atoms with Crippen molar-refractivity contribution in [1.29, 1.82) is 0 Å². The molecule has 1 fully saturated rings. The van der Waals surface area contributed by atoms with Gasteiger partial charge < -0.3 is 16.0 Å². The highest BCUT2D eigenvalue weighted by Crippen LogP contribution is 2.21. The number of likely N-dealkylation sites (tertiary alicyclic amines) is 1. The van der Waals surface area contributed by atoms with E-state index < -0.39 is 0 Å². The van der Waals surface area contributed by atoms with Gasteiger partial charge in [-0.1, -0.05) is 20.8 Å². The van der Waals surface area contributed by atoms with Crippen LogP contribution in [0.4, 0.5) is 0 Å². The average molecular weight is 348 g/mol. The third kappa shape index (κ3) is 8.56. The molecule has 0 aromatic carbocycles. The molecule has 1 heterocycles. The number of rotatable bonds is 8. The molecule has 2 atom stereocenters. The van der Waals surface area contributed by atoms with Crippen LogP contribution in [-0.4, -0.2) is 42.4 Å². The van der Waals surface area contributed by atoms with Crippen molar-refractivity contribution in [2.45, 2.75) is 65.3 Å². The highest BCUT2D eigenvalue weighted by atomic mass is 35.5. The zero-order valence-corrected chi connectivity index (χ0v) is 15.7. The van der Waals surface area contributed by atoms with Gasteiger partial charge in [-0.25, -0.2) is 0 Å². The molecule has 0 aliphatic carbocycles. The number of nitrogens with one attached hydrogen (secondary N) is 1. The largest absolute Gasteiger partial charge is 0.354 e. The summed E-state index contributed by atoms with van der Waals surface area (Å²) < 4.78 is 0. The van der Waals surface area contributed by atoms with E-state index in [1.54, 1.807) is 0 Å². The molecule has 2 unspecified atom stereocenters. The van der Waals surface area contributed by atoms with Crippen molar-refractivity contribution in [3.63, 3.8) is 0 Å². The minimum absolute atomic E-state index is 0. The predicted molar refractivity (Wildman–Crippen MR) is 96.5 cm³/mol. The Kier molecular flexibility index (Phi) is 11.3. The molecule has 0 aromatic heterocycles. The van der Waals surface area contributed by atoms with E-state index in [1.165, 1.54) is 0 Å². The van der Waals surface area contributed by atoms with Crippen molar-refractivity contribution in [1.82, 2.24) is 10.2 Å². The Hall–Kier alpha value is -0.810. The van der Waals surface area contributed by atoms with E-state index in [9.17, 15) is 9.59 Å². The highest BCUT2D eigenvalue weighted by Gasteiger charge is 2.27. The van der Waals surface area contributed by atoms with Crippen LogP contribution in [0.2, 0.25) is 0 Å². The maximum Gasteiger partial charge on any atom is 0.223 e.